The predicted octanol–water partition coefficient (Wildman–Crippen LogP) is 3.83. The van der Waals surface area contributed by atoms with Gasteiger partial charge in [-0.3, -0.25) is 4.90 Å². The summed E-state index contributed by atoms with van der Waals surface area (Å²) < 4.78 is 0. The quantitative estimate of drug-likeness (QED) is 0.652. The zero-order valence-corrected chi connectivity index (χ0v) is 13.4. The minimum Gasteiger partial charge on any atom is -0.312 e. The minimum absolute atomic E-state index is 0.704. The largest absolute Gasteiger partial charge is 0.312 e. The van der Waals surface area contributed by atoms with E-state index in [4.69, 9.17) is 0 Å². The van der Waals surface area contributed by atoms with Crippen LogP contribution in [-0.4, -0.2) is 24.5 Å². The molecule has 1 N–H and O–H groups in total. The molecule has 0 unspecified atom stereocenters. The van der Waals surface area contributed by atoms with E-state index < -0.39 is 0 Å². The fourth-order valence-electron chi connectivity index (χ4n) is 2.26. The second-order valence-corrected chi connectivity index (χ2v) is 5.87. The van der Waals surface area contributed by atoms with Crippen LogP contribution < -0.4 is 5.32 Å². The molecule has 1 aromatic carbocycles. The molecule has 0 aromatic heterocycles. The highest BCUT2D eigenvalue weighted by Gasteiger charge is 2.03. The molecular weight excluding hydrogens is 244 g/mol. The summed E-state index contributed by atoms with van der Waals surface area (Å²) in [5, 5.41) is 3.48. The molecule has 0 saturated heterocycles. The van der Waals surface area contributed by atoms with Gasteiger partial charge in [-0.15, -0.1) is 6.58 Å². The second-order valence-electron chi connectivity index (χ2n) is 5.87. The van der Waals surface area contributed by atoms with E-state index in [0.29, 0.717) is 5.92 Å². The Kier molecular flexibility index (Phi) is 8.24. The summed E-state index contributed by atoms with van der Waals surface area (Å²) in [5.41, 5.74) is 2.74. The van der Waals surface area contributed by atoms with Gasteiger partial charge in [-0.05, 0) is 36.6 Å². The molecular formula is C18H30N2. The van der Waals surface area contributed by atoms with E-state index in [2.05, 4.69) is 61.8 Å². The average Bonchev–Trinajstić information content (AvgIpc) is 2.41. The summed E-state index contributed by atoms with van der Waals surface area (Å²) >= 11 is 0. The molecule has 0 aliphatic heterocycles. The van der Waals surface area contributed by atoms with Gasteiger partial charge in [0.05, 0.1) is 0 Å². The summed E-state index contributed by atoms with van der Waals surface area (Å²) in [6, 6.07) is 8.97. The zero-order valence-electron chi connectivity index (χ0n) is 13.4. The van der Waals surface area contributed by atoms with Crippen molar-refractivity contribution in [1.29, 1.82) is 0 Å². The molecule has 20 heavy (non-hydrogen) atoms. The summed E-state index contributed by atoms with van der Waals surface area (Å²) in [6.07, 6.45) is 3.17. The molecule has 1 rings (SSSR count). The Labute approximate surface area is 124 Å². The highest BCUT2D eigenvalue weighted by molar-refractivity contribution is 5.22. The van der Waals surface area contributed by atoms with Crippen molar-refractivity contribution >= 4 is 0 Å². The molecule has 0 atom stereocenters. The lowest BCUT2D eigenvalue weighted by molar-refractivity contribution is 0.295. The molecule has 0 spiro atoms. The molecule has 0 aliphatic rings. The van der Waals surface area contributed by atoms with Gasteiger partial charge in [-0.25, -0.2) is 0 Å². The van der Waals surface area contributed by atoms with Gasteiger partial charge in [0.15, 0.2) is 0 Å². The Hall–Kier alpha value is -1.12. The molecule has 0 radical (unpaired) electrons. The SMILES string of the molecule is C=CCN(CCC)Cc1ccc(CNCC(C)C)cc1. The Bertz CT molecular complexity index is 368. The molecule has 0 bridgehead atoms. The first kappa shape index (κ1) is 16.9. The number of benzene rings is 1. The minimum atomic E-state index is 0.704. The average molecular weight is 274 g/mol. The van der Waals surface area contributed by atoms with Gasteiger partial charge < -0.3 is 5.32 Å². The van der Waals surface area contributed by atoms with Gasteiger partial charge in [0.25, 0.3) is 0 Å². The van der Waals surface area contributed by atoms with Crippen LogP contribution in [0.4, 0.5) is 0 Å². The van der Waals surface area contributed by atoms with E-state index in [1.807, 2.05) is 6.08 Å². The van der Waals surface area contributed by atoms with E-state index in [0.717, 1.165) is 32.7 Å². The van der Waals surface area contributed by atoms with Crippen molar-refractivity contribution in [3.8, 4) is 0 Å². The topological polar surface area (TPSA) is 15.3 Å². The Morgan fingerprint density at radius 2 is 1.85 bits per heavy atom. The molecule has 0 heterocycles. The molecule has 0 fully saturated rings. The smallest absolute Gasteiger partial charge is 0.0237 e. The highest BCUT2D eigenvalue weighted by atomic mass is 15.1. The van der Waals surface area contributed by atoms with Crippen LogP contribution in [0.25, 0.3) is 0 Å². The third-order valence-corrected chi connectivity index (χ3v) is 3.24. The van der Waals surface area contributed by atoms with Crippen LogP contribution in [0.3, 0.4) is 0 Å². The maximum absolute atomic E-state index is 3.84. The summed E-state index contributed by atoms with van der Waals surface area (Å²) in [5.74, 6) is 0.704. The number of rotatable bonds is 10. The highest BCUT2D eigenvalue weighted by Crippen LogP contribution is 2.08. The molecule has 0 saturated carbocycles. The van der Waals surface area contributed by atoms with E-state index in [9.17, 15) is 0 Å². The summed E-state index contributed by atoms with van der Waals surface area (Å²) in [4.78, 5) is 2.43. The standard InChI is InChI=1S/C18H30N2/c1-5-11-20(12-6-2)15-18-9-7-17(8-10-18)14-19-13-16(3)4/h5,7-10,16,19H,1,6,11-15H2,2-4H3. The van der Waals surface area contributed by atoms with Crippen molar-refractivity contribution in [2.24, 2.45) is 5.92 Å². The lowest BCUT2D eigenvalue weighted by Crippen LogP contribution is -2.24. The lowest BCUT2D eigenvalue weighted by Gasteiger charge is -2.20. The lowest BCUT2D eigenvalue weighted by atomic mass is 10.1. The van der Waals surface area contributed by atoms with Crippen LogP contribution in [0.5, 0.6) is 0 Å². The van der Waals surface area contributed by atoms with Crippen LogP contribution >= 0.6 is 0 Å². The zero-order chi connectivity index (χ0) is 14.8. The fraction of sp³-hybridized carbons (Fsp3) is 0.556. The van der Waals surface area contributed by atoms with E-state index in [1.54, 1.807) is 0 Å². The second kappa shape index (κ2) is 9.73. The maximum Gasteiger partial charge on any atom is 0.0237 e. The fourth-order valence-corrected chi connectivity index (χ4v) is 2.26. The Morgan fingerprint density at radius 3 is 2.40 bits per heavy atom. The Morgan fingerprint density at radius 1 is 1.20 bits per heavy atom. The number of hydrogen-bond acceptors (Lipinski definition) is 2. The van der Waals surface area contributed by atoms with Crippen molar-refractivity contribution in [2.75, 3.05) is 19.6 Å². The summed E-state index contributed by atoms with van der Waals surface area (Å²) in [6.45, 7) is 15.7. The van der Waals surface area contributed by atoms with Crippen molar-refractivity contribution in [1.82, 2.24) is 10.2 Å². The number of hydrogen-bond donors (Lipinski definition) is 1. The first-order chi connectivity index (χ1) is 9.65. The van der Waals surface area contributed by atoms with Gasteiger partial charge in [-0.1, -0.05) is 51.1 Å². The molecule has 1 aromatic rings. The third kappa shape index (κ3) is 6.88. The predicted molar refractivity (Wildman–Crippen MR) is 88.8 cm³/mol. The van der Waals surface area contributed by atoms with Gasteiger partial charge in [-0.2, -0.15) is 0 Å². The van der Waals surface area contributed by atoms with Crippen LogP contribution in [0.1, 0.15) is 38.3 Å². The maximum atomic E-state index is 3.84. The monoisotopic (exact) mass is 274 g/mol. The van der Waals surface area contributed by atoms with Gasteiger partial charge in [0, 0.05) is 19.6 Å². The Balaban J connectivity index is 2.46. The van der Waals surface area contributed by atoms with Gasteiger partial charge >= 0.3 is 0 Å². The molecule has 2 heteroatoms. The van der Waals surface area contributed by atoms with Gasteiger partial charge in [0.1, 0.15) is 0 Å². The number of nitrogens with zero attached hydrogens (tertiary/aromatic N) is 1. The van der Waals surface area contributed by atoms with Crippen LogP contribution in [-0.2, 0) is 13.1 Å². The van der Waals surface area contributed by atoms with Crippen LogP contribution in [0, 0.1) is 5.92 Å². The first-order valence-corrected chi connectivity index (χ1v) is 7.77. The summed E-state index contributed by atoms with van der Waals surface area (Å²) in [7, 11) is 0. The molecule has 112 valence electrons. The van der Waals surface area contributed by atoms with E-state index >= 15 is 0 Å². The molecule has 0 aliphatic carbocycles. The van der Waals surface area contributed by atoms with Crippen molar-refractivity contribution in [3.63, 3.8) is 0 Å². The first-order valence-electron chi connectivity index (χ1n) is 7.77. The van der Waals surface area contributed by atoms with E-state index in [-0.39, 0.29) is 0 Å². The third-order valence-electron chi connectivity index (χ3n) is 3.24. The van der Waals surface area contributed by atoms with Crippen molar-refractivity contribution in [2.45, 2.75) is 40.3 Å². The normalized spacial score (nSPS) is 11.2. The molecule has 0 amide bonds. The van der Waals surface area contributed by atoms with Gasteiger partial charge in [0.2, 0.25) is 0 Å². The van der Waals surface area contributed by atoms with Crippen LogP contribution in [0.15, 0.2) is 36.9 Å². The molecule has 2 nitrogen and oxygen atoms in total. The van der Waals surface area contributed by atoms with E-state index in [1.165, 1.54) is 17.5 Å². The van der Waals surface area contributed by atoms with Crippen molar-refractivity contribution < 1.29 is 0 Å². The van der Waals surface area contributed by atoms with Crippen molar-refractivity contribution in [3.05, 3.63) is 48.0 Å². The number of nitrogens with one attached hydrogen (secondary N) is 1. The van der Waals surface area contributed by atoms with Crippen LogP contribution in [0.2, 0.25) is 0 Å².